The molecule has 0 saturated heterocycles. The van der Waals surface area contributed by atoms with Crippen LogP contribution in [-0.2, 0) is 19.2 Å². The van der Waals surface area contributed by atoms with Crippen LogP contribution in [0.4, 0.5) is 0 Å². The molecule has 0 radical (unpaired) electrons. The Kier molecular flexibility index (Phi) is 7.13. The van der Waals surface area contributed by atoms with Gasteiger partial charge in [-0.25, -0.2) is 4.79 Å². The summed E-state index contributed by atoms with van der Waals surface area (Å²) in [7, 11) is 0. The van der Waals surface area contributed by atoms with E-state index in [0.29, 0.717) is 23.5 Å². The number of hydrogen-bond acceptors (Lipinski definition) is 7. The molecule has 0 spiro atoms. The van der Waals surface area contributed by atoms with Crippen LogP contribution in [0.3, 0.4) is 0 Å². The van der Waals surface area contributed by atoms with Crippen molar-refractivity contribution in [3.8, 4) is 0 Å². The van der Waals surface area contributed by atoms with Crippen LogP contribution in [0, 0.1) is 50.5 Å². The number of fused-ring (bicyclic) bond motifs is 5. The second-order valence-corrected chi connectivity index (χ2v) is 11.8. The molecule has 0 aromatic heterocycles. The quantitative estimate of drug-likeness (QED) is 0.125. The van der Waals surface area contributed by atoms with E-state index in [1.165, 1.54) is 12.5 Å². The van der Waals surface area contributed by atoms with Crippen LogP contribution in [0.2, 0.25) is 0 Å². The molecule has 0 amide bonds. The normalized spacial score (nSPS) is 40.6. The van der Waals surface area contributed by atoms with Crippen molar-refractivity contribution >= 4 is 17.7 Å². The number of oxime groups is 1. The summed E-state index contributed by atoms with van der Waals surface area (Å²) in [6.45, 7) is 9.68. The second-order valence-electron chi connectivity index (χ2n) is 11.8. The number of allylic oxidation sites excluding steroid dienone is 1. The number of rotatable bonds is 6. The van der Waals surface area contributed by atoms with Crippen LogP contribution in [0.1, 0.15) is 86.0 Å². The smallest absolute Gasteiger partial charge is 0.334 e. The van der Waals surface area contributed by atoms with Gasteiger partial charge in [-0.1, -0.05) is 37.6 Å². The number of carbonyl (C=O) groups is 2. The van der Waals surface area contributed by atoms with Gasteiger partial charge in [0.1, 0.15) is 6.10 Å². The summed E-state index contributed by atoms with van der Waals surface area (Å²) in [5.74, 6) is 0.589. The molecular formula is C27H40N2O6. The Balaban J connectivity index is 1.62. The standard InChI is InChI=1S/C27H40N2O6/c1-6-24(31)35-28-16(2)25-18(15-29(32)33)13-23-21-8-7-19-14-20(34-17(3)30)9-11-26(19,4)22(21)10-12-27(23,25)5/h7,18,20-23,25H,6,8-15H2,1-5H3/b28-16-/t18-,20+,21+,22-,23+,25+,26-,27-/m0/s1. The van der Waals surface area contributed by atoms with Gasteiger partial charge in [0.2, 0.25) is 6.54 Å². The third-order valence-electron chi connectivity index (χ3n) is 9.98. The number of nitrogens with zero attached hydrogens (tertiary/aromatic N) is 2. The van der Waals surface area contributed by atoms with Crippen molar-refractivity contribution in [1.82, 2.24) is 0 Å². The van der Waals surface area contributed by atoms with Gasteiger partial charge in [0, 0.05) is 36.5 Å². The third kappa shape index (κ3) is 4.65. The van der Waals surface area contributed by atoms with Gasteiger partial charge < -0.3 is 9.57 Å². The highest BCUT2D eigenvalue weighted by atomic mass is 16.7. The van der Waals surface area contributed by atoms with Crippen molar-refractivity contribution in [2.24, 2.45) is 45.6 Å². The summed E-state index contributed by atoms with van der Waals surface area (Å²) in [4.78, 5) is 39.7. The molecule has 0 unspecified atom stereocenters. The predicted octanol–water partition coefficient (Wildman–Crippen LogP) is 5.33. The molecular weight excluding hydrogens is 448 g/mol. The summed E-state index contributed by atoms with van der Waals surface area (Å²) < 4.78 is 5.55. The SMILES string of the molecule is CCC(=O)O/N=C(/C)[C@@H]1[C@H](C[N+](=O)[O-])C[C@@H]2[C@@H]3CC=C4C[C@H](OC(C)=O)CC[C@]4(C)[C@H]3CC[C@@]21C. The van der Waals surface area contributed by atoms with E-state index >= 15 is 0 Å². The molecule has 3 fully saturated rings. The highest BCUT2D eigenvalue weighted by Gasteiger charge is 2.62. The lowest BCUT2D eigenvalue weighted by Crippen LogP contribution is -2.51. The van der Waals surface area contributed by atoms with Gasteiger partial charge in [-0.05, 0) is 74.0 Å². The topological polar surface area (TPSA) is 108 Å². The first kappa shape index (κ1) is 25.8. The van der Waals surface area contributed by atoms with E-state index in [2.05, 4.69) is 25.1 Å². The Bertz CT molecular complexity index is 944. The molecule has 8 nitrogen and oxygen atoms in total. The van der Waals surface area contributed by atoms with E-state index in [1.807, 2.05) is 6.92 Å². The fraction of sp³-hybridized carbons (Fsp3) is 0.815. The average Bonchev–Trinajstić information content (AvgIpc) is 3.08. The van der Waals surface area contributed by atoms with Gasteiger partial charge in [-0.15, -0.1) is 0 Å². The van der Waals surface area contributed by atoms with Gasteiger partial charge in [0.15, 0.2) is 0 Å². The first-order chi connectivity index (χ1) is 16.5. The molecule has 0 bridgehead atoms. The maximum atomic E-state index is 11.7. The molecule has 0 N–H and O–H groups in total. The Morgan fingerprint density at radius 3 is 2.60 bits per heavy atom. The molecule has 0 aromatic carbocycles. The molecule has 8 heteroatoms. The van der Waals surface area contributed by atoms with E-state index in [-0.39, 0.29) is 58.6 Å². The minimum absolute atomic E-state index is 0.0257. The predicted molar refractivity (Wildman–Crippen MR) is 131 cm³/mol. The highest BCUT2D eigenvalue weighted by Crippen LogP contribution is 2.67. The molecule has 0 aliphatic heterocycles. The zero-order valence-corrected chi connectivity index (χ0v) is 21.7. The molecule has 0 aromatic rings. The van der Waals surface area contributed by atoms with Gasteiger partial charge in [-0.2, -0.15) is 0 Å². The summed E-state index contributed by atoms with van der Waals surface area (Å²) in [5, 5.41) is 15.8. The monoisotopic (exact) mass is 488 g/mol. The third-order valence-corrected chi connectivity index (χ3v) is 9.98. The minimum Gasteiger partial charge on any atom is -0.462 e. The Hall–Kier alpha value is -2.25. The summed E-state index contributed by atoms with van der Waals surface area (Å²) in [6, 6.07) is 0. The van der Waals surface area contributed by atoms with E-state index < -0.39 is 0 Å². The van der Waals surface area contributed by atoms with E-state index in [0.717, 1.165) is 44.9 Å². The van der Waals surface area contributed by atoms with Crippen LogP contribution >= 0.6 is 0 Å². The van der Waals surface area contributed by atoms with Gasteiger partial charge in [0.25, 0.3) is 0 Å². The maximum absolute atomic E-state index is 11.7. The molecule has 35 heavy (non-hydrogen) atoms. The van der Waals surface area contributed by atoms with Gasteiger partial charge in [-0.3, -0.25) is 14.9 Å². The van der Waals surface area contributed by atoms with Crippen molar-refractivity contribution in [3.05, 3.63) is 21.8 Å². The van der Waals surface area contributed by atoms with E-state index in [1.54, 1.807) is 6.92 Å². The molecule has 4 aliphatic rings. The van der Waals surface area contributed by atoms with Crippen LogP contribution in [0.25, 0.3) is 0 Å². The van der Waals surface area contributed by atoms with Crippen molar-refractivity contribution in [2.45, 2.75) is 92.1 Å². The van der Waals surface area contributed by atoms with Gasteiger partial charge in [0.05, 0.1) is 5.71 Å². The number of ether oxygens (including phenoxy) is 1. The number of esters is 1. The van der Waals surface area contributed by atoms with Crippen molar-refractivity contribution in [2.75, 3.05) is 6.54 Å². The van der Waals surface area contributed by atoms with Crippen LogP contribution in [0.15, 0.2) is 16.8 Å². The van der Waals surface area contributed by atoms with Crippen LogP contribution in [0.5, 0.6) is 0 Å². The lowest BCUT2D eigenvalue weighted by Gasteiger charge is -2.58. The first-order valence-corrected chi connectivity index (χ1v) is 13.2. The zero-order valence-electron chi connectivity index (χ0n) is 21.7. The maximum Gasteiger partial charge on any atom is 0.334 e. The molecule has 0 heterocycles. The van der Waals surface area contributed by atoms with Crippen molar-refractivity contribution in [3.63, 3.8) is 0 Å². The van der Waals surface area contributed by atoms with E-state index in [9.17, 15) is 19.7 Å². The number of carbonyl (C=O) groups excluding carboxylic acids is 2. The van der Waals surface area contributed by atoms with Crippen molar-refractivity contribution in [1.29, 1.82) is 0 Å². The van der Waals surface area contributed by atoms with Crippen LogP contribution < -0.4 is 0 Å². The van der Waals surface area contributed by atoms with Crippen molar-refractivity contribution < 1.29 is 24.1 Å². The van der Waals surface area contributed by atoms with Gasteiger partial charge >= 0.3 is 11.9 Å². The molecule has 3 saturated carbocycles. The zero-order chi connectivity index (χ0) is 25.5. The highest BCUT2D eigenvalue weighted by molar-refractivity contribution is 5.86. The summed E-state index contributed by atoms with van der Waals surface area (Å²) in [5.41, 5.74) is 2.13. The lowest BCUT2D eigenvalue weighted by atomic mass is 9.47. The number of hydrogen-bond donors (Lipinski definition) is 0. The fourth-order valence-electron chi connectivity index (χ4n) is 8.58. The van der Waals surface area contributed by atoms with Crippen LogP contribution in [-0.4, -0.2) is 35.2 Å². The first-order valence-electron chi connectivity index (χ1n) is 13.2. The average molecular weight is 489 g/mol. The Morgan fingerprint density at radius 1 is 1.20 bits per heavy atom. The largest absolute Gasteiger partial charge is 0.462 e. The number of nitro groups is 1. The Morgan fingerprint density at radius 2 is 1.94 bits per heavy atom. The lowest BCUT2D eigenvalue weighted by molar-refractivity contribution is -0.489. The molecule has 4 rings (SSSR count). The molecule has 8 atom stereocenters. The second kappa shape index (κ2) is 9.66. The summed E-state index contributed by atoms with van der Waals surface area (Å²) in [6.07, 6.45) is 9.18. The molecule has 194 valence electrons. The minimum atomic E-state index is -0.388. The Labute approximate surface area is 208 Å². The van der Waals surface area contributed by atoms with E-state index in [4.69, 9.17) is 9.57 Å². The summed E-state index contributed by atoms with van der Waals surface area (Å²) >= 11 is 0. The fourth-order valence-corrected chi connectivity index (χ4v) is 8.58. The molecule has 4 aliphatic carbocycles.